The van der Waals surface area contributed by atoms with Crippen molar-refractivity contribution < 1.29 is 9.32 Å². The molecule has 2 aromatic rings. The van der Waals surface area contributed by atoms with Crippen LogP contribution in [0.2, 0.25) is 0 Å². The van der Waals surface area contributed by atoms with Gasteiger partial charge < -0.3 is 9.84 Å². The number of amides is 1. The highest BCUT2D eigenvalue weighted by Crippen LogP contribution is 2.25. The van der Waals surface area contributed by atoms with Gasteiger partial charge in [0.15, 0.2) is 0 Å². The first-order chi connectivity index (χ1) is 9.93. The SMILES string of the molecule is CC(C)(C)c1cc(NC(=O)c2ccc3c(c2)NCC3)on1. The summed E-state index contributed by atoms with van der Waals surface area (Å²) in [6, 6.07) is 7.47. The predicted octanol–water partition coefficient (Wildman–Crippen LogP) is 3.19. The van der Waals surface area contributed by atoms with Gasteiger partial charge in [0.2, 0.25) is 5.88 Å². The van der Waals surface area contributed by atoms with Crippen LogP contribution < -0.4 is 10.6 Å². The van der Waals surface area contributed by atoms with E-state index in [9.17, 15) is 4.79 Å². The summed E-state index contributed by atoms with van der Waals surface area (Å²) < 4.78 is 5.18. The highest BCUT2D eigenvalue weighted by atomic mass is 16.5. The second-order valence-corrected chi connectivity index (χ2v) is 6.33. The Morgan fingerprint density at radius 1 is 1.33 bits per heavy atom. The van der Waals surface area contributed by atoms with Gasteiger partial charge in [0.25, 0.3) is 5.91 Å². The van der Waals surface area contributed by atoms with Crippen molar-refractivity contribution in [2.75, 3.05) is 17.2 Å². The van der Waals surface area contributed by atoms with Crippen LogP contribution in [0, 0.1) is 0 Å². The number of benzene rings is 1. The minimum Gasteiger partial charge on any atom is -0.384 e. The van der Waals surface area contributed by atoms with E-state index < -0.39 is 0 Å². The van der Waals surface area contributed by atoms with E-state index in [2.05, 4.69) is 15.8 Å². The monoisotopic (exact) mass is 285 g/mol. The summed E-state index contributed by atoms with van der Waals surface area (Å²) in [5, 5.41) is 10.0. The predicted molar refractivity (Wildman–Crippen MR) is 81.8 cm³/mol. The number of anilines is 2. The summed E-state index contributed by atoms with van der Waals surface area (Å²) in [5.41, 5.74) is 3.60. The van der Waals surface area contributed by atoms with Crippen LogP contribution in [0.5, 0.6) is 0 Å². The zero-order valence-corrected chi connectivity index (χ0v) is 12.5. The van der Waals surface area contributed by atoms with Crippen LogP contribution in [-0.2, 0) is 11.8 Å². The van der Waals surface area contributed by atoms with Crippen LogP contribution in [0.25, 0.3) is 0 Å². The first kappa shape index (κ1) is 13.7. The van der Waals surface area contributed by atoms with Gasteiger partial charge in [-0.3, -0.25) is 10.1 Å². The number of rotatable bonds is 2. The van der Waals surface area contributed by atoms with Crippen LogP contribution in [0.15, 0.2) is 28.8 Å². The Kier molecular flexibility index (Phi) is 3.20. The number of aromatic nitrogens is 1. The summed E-state index contributed by atoms with van der Waals surface area (Å²) in [7, 11) is 0. The standard InChI is InChI=1S/C16H19N3O2/c1-16(2,3)13-9-14(21-19-13)18-15(20)11-5-4-10-6-7-17-12(10)8-11/h4-5,8-9,17H,6-7H2,1-3H3,(H,18,20). The Hall–Kier alpha value is -2.30. The molecule has 0 fully saturated rings. The van der Waals surface area contributed by atoms with Crippen LogP contribution in [0.1, 0.15) is 42.4 Å². The molecule has 0 unspecified atom stereocenters. The Labute approximate surface area is 123 Å². The van der Waals surface area contributed by atoms with E-state index >= 15 is 0 Å². The zero-order chi connectivity index (χ0) is 15.0. The van der Waals surface area contributed by atoms with E-state index in [1.165, 1.54) is 5.56 Å². The maximum Gasteiger partial charge on any atom is 0.258 e. The molecule has 2 N–H and O–H groups in total. The molecule has 0 bridgehead atoms. The number of hydrogen-bond donors (Lipinski definition) is 2. The normalized spacial score (nSPS) is 13.7. The molecule has 0 atom stereocenters. The lowest BCUT2D eigenvalue weighted by atomic mass is 9.92. The number of nitrogens with zero attached hydrogens (tertiary/aromatic N) is 1. The number of carbonyl (C=O) groups is 1. The van der Waals surface area contributed by atoms with E-state index in [0.29, 0.717) is 11.4 Å². The maximum atomic E-state index is 12.2. The van der Waals surface area contributed by atoms with Crippen molar-refractivity contribution in [2.24, 2.45) is 0 Å². The topological polar surface area (TPSA) is 67.2 Å². The van der Waals surface area contributed by atoms with Crippen molar-refractivity contribution >= 4 is 17.5 Å². The van der Waals surface area contributed by atoms with Crippen molar-refractivity contribution in [1.82, 2.24) is 5.16 Å². The summed E-state index contributed by atoms with van der Waals surface area (Å²) >= 11 is 0. The van der Waals surface area contributed by atoms with Gasteiger partial charge in [0.1, 0.15) is 0 Å². The Bertz CT molecular complexity index is 683. The second kappa shape index (κ2) is 4.91. The van der Waals surface area contributed by atoms with Gasteiger partial charge in [-0.1, -0.05) is 32.0 Å². The Morgan fingerprint density at radius 2 is 2.14 bits per heavy atom. The van der Waals surface area contributed by atoms with Crippen LogP contribution >= 0.6 is 0 Å². The van der Waals surface area contributed by atoms with Crippen molar-refractivity contribution in [2.45, 2.75) is 32.6 Å². The van der Waals surface area contributed by atoms with Crippen LogP contribution in [0.4, 0.5) is 11.6 Å². The lowest BCUT2D eigenvalue weighted by molar-refractivity contribution is 0.102. The molecular weight excluding hydrogens is 266 g/mol. The molecule has 5 heteroatoms. The summed E-state index contributed by atoms with van der Waals surface area (Å²) in [4.78, 5) is 12.2. The molecule has 5 nitrogen and oxygen atoms in total. The highest BCUT2D eigenvalue weighted by molar-refractivity contribution is 6.04. The van der Waals surface area contributed by atoms with Gasteiger partial charge in [-0.2, -0.15) is 0 Å². The molecule has 1 aromatic carbocycles. The quantitative estimate of drug-likeness (QED) is 0.889. The van der Waals surface area contributed by atoms with Crippen molar-refractivity contribution in [3.05, 3.63) is 41.1 Å². The van der Waals surface area contributed by atoms with Crippen LogP contribution in [-0.4, -0.2) is 17.6 Å². The molecule has 0 saturated heterocycles. The third-order valence-corrected chi connectivity index (χ3v) is 3.60. The lowest BCUT2D eigenvalue weighted by Crippen LogP contribution is -2.12. The molecular formula is C16H19N3O2. The van der Waals surface area contributed by atoms with E-state index in [0.717, 1.165) is 24.3 Å². The smallest absolute Gasteiger partial charge is 0.258 e. The average molecular weight is 285 g/mol. The minimum atomic E-state index is -0.192. The first-order valence-electron chi connectivity index (χ1n) is 7.09. The third-order valence-electron chi connectivity index (χ3n) is 3.60. The summed E-state index contributed by atoms with van der Waals surface area (Å²) in [6.45, 7) is 7.06. The Balaban J connectivity index is 1.76. The second-order valence-electron chi connectivity index (χ2n) is 6.33. The van der Waals surface area contributed by atoms with Crippen molar-refractivity contribution in [1.29, 1.82) is 0 Å². The number of hydrogen-bond acceptors (Lipinski definition) is 4. The van der Waals surface area contributed by atoms with E-state index in [1.807, 2.05) is 39.0 Å². The minimum absolute atomic E-state index is 0.107. The summed E-state index contributed by atoms with van der Waals surface area (Å²) in [6.07, 6.45) is 1.01. The molecule has 3 rings (SSSR count). The van der Waals surface area contributed by atoms with Gasteiger partial charge in [0.05, 0.1) is 5.69 Å². The molecule has 0 spiro atoms. The van der Waals surface area contributed by atoms with E-state index in [1.54, 1.807) is 6.07 Å². The first-order valence-corrected chi connectivity index (χ1v) is 7.09. The van der Waals surface area contributed by atoms with Gasteiger partial charge in [-0.25, -0.2) is 0 Å². The van der Waals surface area contributed by atoms with Gasteiger partial charge in [0, 0.05) is 29.3 Å². The Morgan fingerprint density at radius 3 is 2.86 bits per heavy atom. The van der Waals surface area contributed by atoms with Crippen LogP contribution in [0.3, 0.4) is 0 Å². The number of nitrogens with one attached hydrogen (secondary N) is 2. The molecule has 0 radical (unpaired) electrons. The fraction of sp³-hybridized carbons (Fsp3) is 0.375. The lowest BCUT2D eigenvalue weighted by Gasteiger charge is -2.12. The van der Waals surface area contributed by atoms with Gasteiger partial charge >= 0.3 is 0 Å². The number of fused-ring (bicyclic) bond motifs is 1. The summed E-state index contributed by atoms with van der Waals surface area (Å²) in [5.74, 6) is 0.182. The van der Waals surface area contributed by atoms with Crippen molar-refractivity contribution in [3.8, 4) is 0 Å². The molecule has 21 heavy (non-hydrogen) atoms. The molecule has 1 aliphatic heterocycles. The maximum absolute atomic E-state index is 12.2. The third kappa shape index (κ3) is 2.77. The molecule has 0 saturated carbocycles. The average Bonchev–Trinajstić information content (AvgIpc) is 3.04. The van der Waals surface area contributed by atoms with Gasteiger partial charge in [-0.05, 0) is 24.1 Å². The largest absolute Gasteiger partial charge is 0.384 e. The fourth-order valence-corrected chi connectivity index (χ4v) is 2.30. The number of carbonyl (C=O) groups excluding carboxylic acids is 1. The molecule has 0 aliphatic carbocycles. The van der Waals surface area contributed by atoms with E-state index in [4.69, 9.17) is 4.52 Å². The molecule has 1 amide bonds. The highest BCUT2D eigenvalue weighted by Gasteiger charge is 2.20. The molecule has 1 aliphatic rings. The molecule has 1 aromatic heterocycles. The molecule has 110 valence electrons. The fourth-order valence-electron chi connectivity index (χ4n) is 2.30. The molecule has 2 heterocycles. The van der Waals surface area contributed by atoms with Gasteiger partial charge in [-0.15, -0.1) is 0 Å². The van der Waals surface area contributed by atoms with Crippen molar-refractivity contribution in [3.63, 3.8) is 0 Å². The van der Waals surface area contributed by atoms with E-state index in [-0.39, 0.29) is 11.3 Å². The zero-order valence-electron chi connectivity index (χ0n) is 12.5.